The van der Waals surface area contributed by atoms with Crippen LogP contribution in [0.3, 0.4) is 0 Å². The minimum Gasteiger partial charge on any atom is -0.383 e. The van der Waals surface area contributed by atoms with Crippen LogP contribution in [-0.4, -0.2) is 6.04 Å². The zero-order valence-electron chi connectivity index (χ0n) is 13.1. The lowest BCUT2D eigenvalue weighted by molar-refractivity contribution is 0.616. The molecule has 0 spiro atoms. The summed E-state index contributed by atoms with van der Waals surface area (Å²) in [6, 6.07) is 5.37. The molecule has 1 aliphatic rings. The van der Waals surface area contributed by atoms with Gasteiger partial charge in [0.15, 0.2) is 0 Å². The fourth-order valence-electron chi connectivity index (χ4n) is 3.02. The summed E-state index contributed by atoms with van der Waals surface area (Å²) in [6.45, 7) is 9.06. The van der Waals surface area contributed by atoms with E-state index in [4.69, 9.17) is 0 Å². The minimum atomic E-state index is 0.511. The van der Waals surface area contributed by atoms with E-state index in [1.54, 1.807) is 11.1 Å². The van der Waals surface area contributed by atoms with Crippen molar-refractivity contribution in [2.45, 2.75) is 78.2 Å². The van der Waals surface area contributed by atoms with Crippen molar-refractivity contribution in [3.8, 4) is 0 Å². The van der Waals surface area contributed by atoms with Crippen molar-refractivity contribution in [2.24, 2.45) is 0 Å². The molecular formula is C18H29N. The highest BCUT2D eigenvalue weighted by molar-refractivity contribution is 5.58. The number of hydrogen-bond acceptors (Lipinski definition) is 1. The van der Waals surface area contributed by atoms with E-state index < -0.39 is 0 Å². The number of anilines is 1. The molecular weight excluding hydrogens is 230 g/mol. The van der Waals surface area contributed by atoms with Crippen LogP contribution in [0.25, 0.3) is 0 Å². The average Bonchev–Trinajstić information content (AvgIpc) is 2.29. The van der Waals surface area contributed by atoms with Crippen LogP contribution in [0.4, 0.5) is 5.69 Å². The minimum absolute atomic E-state index is 0.511. The summed E-state index contributed by atoms with van der Waals surface area (Å²) < 4.78 is 0. The van der Waals surface area contributed by atoms with Crippen LogP contribution in [0.5, 0.6) is 0 Å². The Morgan fingerprint density at radius 3 is 2.21 bits per heavy atom. The average molecular weight is 259 g/mol. The van der Waals surface area contributed by atoms with Crippen molar-refractivity contribution >= 4 is 5.69 Å². The molecule has 0 heterocycles. The summed E-state index contributed by atoms with van der Waals surface area (Å²) in [7, 11) is 0. The van der Waals surface area contributed by atoms with Crippen molar-refractivity contribution in [3.05, 3.63) is 28.8 Å². The summed E-state index contributed by atoms with van der Waals surface area (Å²) in [6.07, 6.45) is 8.02. The van der Waals surface area contributed by atoms with Gasteiger partial charge in [-0.3, -0.25) is 0 Å². The maximum Gasteiger partial charge on any atom is 0.0380 e. The highest BCUT2D eigenvalue weighted by Gasteiger charge is 2.14. The molecule has 0 amide bonds. The first-order valence-corrected chi connectivity index (χ1v) is 8.00. The third kappa shape index (κ3) is 3.75. The molecule has 0 fully saturated rings. The summed E-state index contributed by atoms with van der Waals surface area (Å²) in [5.74, 6) is 0.614. The van der Waals surface area contributed by atoms with E-state index in [9.17, 15) is 0 Å². The van der Waals surface area contributed by atoms with E-state index in [1.807, 2.05) is 0 Å². The zero-order chi connectivity index (χ0) is 13.8. The zero-order valence-corrected chi connectivity index (χ0v) is 13.1. The Morgan fingerprint density at radius 2 is 1.58 bits per heavy atom. The molecule has 1 N–H and O–H groups in total. The quantitative estimate of drug-likeness (QED) is 0.777. The van der Waals surface area contributed by atoms with Gasteiger partial charge in [-0.2, -0.15) is 0 Å². The molecule has 1 heteroatoms. The molecule has 1 aliphatic carbocycles. The normalized spacial score (nSPS) is 16.1. The van der Waals surface area contributed by atoms with Gasteiger partial charge < -0.3 is 5.32 Å². The van der Waals surface area contributed by atoms with Crippen molar-refractivity contribution in [2.75, 3.05) is 5.32 Å². The third-order valence-corrected chi connectivity index (χ3v) is 4.10. The lowest BCUT2D eigenvalue weighted by atomic mass is 9.88. The number of hydrogen-bond donors (Lipinski definition) is 1. The Labute approximate surface area is 118 Å². The molecule has 0 saturated carbocycles. The summed E-state index contributed by atoms with van der Waals surface area (Å²) in [4.78, 5) is 0. The van der Waals surface area contributed by atoms with Gasteiger partial charge in [-0.05, 0) is 68.2 Å². The highest BCUT2D eigenvalue weighted by atomic mass is 14.9. The lowest BCUT2D eigenvalue weighted by Gasteiger charge is -2.23. The van der Waals surface area contributed by atoms with Gasteiger partial charge in [0.2, 0.25) is 0 Å². The molecule has 2 rings (SSSR count). The molecule has 0 aliphatic heterocycles. The molecule has 0 bridgehead atoms. The molecule has 1 aromatic rings. The number of rotatable bonds is 3. The van der Waals surface area contributed by atoms with Crippen molar-refractivity contribution in [3.63, 3.8) is 0 Å². The van der Waals surface area contributed by atoms with Gasteiger partial charge in [-0.15, -0.1) is 0 Å². The van der Waals surface area contributed by atoms with E-state index in [2.05, 4.69) is 45.1 Å². The maximum absolute atomic E-state index is 3.68. The standard InChI is InChI=1S/C18H29N/c1-13(2)16-11-15-9-7-5-6-8-10-17(15)18(12-16)19-14(3)4/h11-14,19H,5-10H2,1-4H3. The molecule has 0 aromatic heterocycles. The topological polar surface area (TPSA) is 12.0 Å². The molecule has 0 saturated heterocycles. The number of aryl methyl sites for hydroxylation is 1. The predicted molar refractivity (Wildman–Crippen MR) is 85.2 cm³/mol. The second-order valence-electron chi connectivity index (χ2n) is 6.57. The largest absolute Gasteiger partial charge is 0.383 e. The molecule has 1 aromatic carbocycles. The summed E-state index contributed by atoms with van der Waals surface area (Å²) in [5.41, 5.74) is 6.09. The Hall–Kier alpha value is -0.980. The van der Waals surface area contributed by atoms with Gasteiger partial charge in [0, 0.05) is 11.7 Å². The van der Waals surface area contributed by atoms with Gasteiger partial charge in [-0.1, -0.05) is 32.8 Å². The highest BCUT2D eigenvalue weighted by Crippen LogP contribution is 2.31. The Bertz CT molecular complexity index is 418. The van der Waals surface area contributed by atoms with Crippen molar-refractivity contribution in [1.82, 2.24) is 0 Å². The first-order chi connectivity index (χ1) is 9.08. The molecule has 0 unspecified atom stereocenters. The van der Waals surface area contributed by atoms with Gasteiger partial charge in [0.1, 0.15) is 0 Å². The van der Waals surface area contributed by atoms with Crippen LogP contribution < -0.4 is 5.32 Å². The summed E-state index contributed by atoms with van der Waals surface area (Å²) >= 11 is 0. The molecule has 106 valence electrons. The fourth-order valence-corrected chi connectivity index (χ4v) is 3.02. The number of benzene rings is 1. The molecule has 19 heavy (non-hydrogen) atoms. The van der Waals surface area contributed by atoms with Crippen LogP contribution in [0.1, 0.15) is 76.0 Å². The van der Waals surface area contributed by atoms with Crippen LogP contribution in [0, 0.1) is 0 Å². The Kier molecular flexibility index (Phi) is 4.90. The molecule has 0 radical (unpaired) electrons. The van der Waals surface area contributed by atoms with Crippen LogP contribution >= 0.6 is 0 Å². The third-order valence-electron chi connectivity index (χ3n) is 4.10. The molecule has 0 atom stereocenters. The van der Waals surface area contributed by atoms with E-state index >= 15 is 0 Å². The van der Waals surface area contributed by atoms with Gasteiger partial charge in [0.25, 0.3) is 0 Å². The van der Waals surface area contributed by atoms with Crippen molar-refractivity contribution < 1.29 is 0 Å². The fraction of sp³-hybridized carbons (Fsp3) is 0.667. The summed E-state index contributed by atoms with van der Waals surface area (Å²) in [5, 5.41) is 3.68. The second-order valence-corrected chi connectivity index (χ2v) is 6.57. The van der Waals surface area contributed by atoms with E-state index in [0.29, 0.717) is 12.0 Å². The maximum atomic E-state index is 3.68. The van der Waals surface area contributed by atoms with Crippen molar-refractivity contribution in [1.29, 1.82) is 0 Å². The Morgan fingerprint density at radius 1 is 0.895 bits per heavy atom. The van der Waals surface area contributed by atoms with E-state index in [-0.39, 0.29) is 0 Å². The van der Waals surface area contributed by atoms with Gasteiger partial charge in [-0.25, -0.2) is 0 Å². The van der Waals surface area contributed by atoms with E-state index in [1.165, 1.54) is 49.8 Å². The number of nitrogens with one attached hydrogen (secondary N) is 1. The van der Waals surface area contributed by atoms with Gasteiger partial charge >= 0.3 is 0 Å². The van der Waals surface area contributed by atoms with Crippen LogP contribution in [0.2, 0.25) is 0 Å². The smallest absolute Gasteiger partial charge is 0.0380 e. The van der Waals surface area contributed by atoms with Crippen LogP contribution in [0.15, 0.2) is 12.1 Å². The SMILES string of the molecule is CC(C)Nc1cc(C(C)C)cc2c1CCCCCC2. The Balaban J connectivity index is 2.42. The van der Waals surface area contributed by atoms with Gasteiger partial charge in [0.05, 0.1) is 0 Å². The first-order valence-electron chi connectivity index (χ1n) is 8.00. The lowest BCUT2D eigenvalue weighted by Crippen LogP contribution is -2.14. The number of fused-ring (bicyclic) bond motifs is 1. The van der Waals surface area contributed by atoms with Crippen LogP contribution in [-0.2, 0) is 12.8 Å². The second kappa shape index (κ2) is 6.45. The predicted octanol–water partition coefficient (Wildman–Crippen LogP) is 5.29. The monoisotopic (exact) mass is 259 g/mol. The van der Waals surface area contributed by atoms with E-state index in [0.717, 1.165) is 0 Å². The molecule has 1 nitrogen and oxygen atoms in total. The first kappa shape index (κ1) is 14.4.